The Hall–Kier alpha value is -2.05. The van der Waals surface area contributed by atoms with Gasteiger partial charge in [-0.1, -0.05) is 11.6 Å². The highest BCUT2D eigenvalue weighted by Gasteiger charge is 2.29. The Balaban J connectivity index is 1.90. The number of benzene rings is 1. The fourth-order valence-electron chi connectivity index (χ4n) is 3.56. The molecule has 7 heteroatoms. The highest BCUT2D eigenvalue weighted by Crippen LogP contribution is 2.41. The van der Waals surface area contributed by atoms with E-state index < -0.39 is 5.97 Å². The van der Waals surface area contributed by atoms with Crippen LogP contribution in [0.4, 0.5) is 5.69 Å². The van der Waals surface area contributed by atoms with Gasteiger partial charge in [0.1, 0.15) is 0 Å². The van der Waals surface area contributed by atoms with Crippen molar-refractivity contribution in [3.05, 3.63) is 49.7 Å². The van der Waals surface area contributed by atoms with E-state index >= 15 is 0 Å². The largest absolute Gasteiger partial charge is 0.478 e. The molecule has 0 fully saturated rings. The summed E-state index contributed by atoms with van der Waals surface area (Å²) in [6, 6.07) is 3.41. The van der Waals surface area contributed by atoms with E-state index in [-0.39, 0.29) is 11.5 Å². The van der Waals surface area contributed by atoms with Crippen LogP contribution < -0.4 is 5.32 Å². The van der Waals surface area contributed by atoms with E-state index in [1.54, 1.807) is 18.2 Å². The van der Waals surface area contributed by atoms with Gasteiger partial charge in [0.2, 0.25) is 0 Å². The molecule has 2 aliphatic rings. The summed E-state index contributed by atoms with van der Waals surface area (Å²) >= 11 is 9.50. The topological polar surface area (TPSA) is 82.2 Å². The number of aromatic nitrogens is 1. The molecule has 0 atom stereocenters. The first kappa shape index (κ1) is 16.4. The van der Waals surface area contributed by atoms with Crippen molar-refractivity contribution >= 4 is 56.7 Å². The molecule has 1 aliphatic carbocycles. The van der Waals surface area contributed by atoms with Crippen LogP contribution in [0.15, 0.2) is 16.6 Å². The normalized spacial score (nSPS) is 17.4. The molecule has 5 nitrogen and oxygen atoms in total. The smallest absolute Gasteiger partial charge is 0.338 e. The summed E-state index contributed by atoms with van der Waals surface area (Å²) < 4.78 is 0.691. The minimum Gasteiger partial charge on any atom is -0.478 e. The molecule has 2 heterocycles. The predicted octanol–water partition coefficient (Wildman–Crippen LogP) is 4.50. The Labute approximate surface area is 157 Å². The quantitative estimate of drug-likeness (QED) is 0.624. The number of carboxylic acids is 1. The molecule has 2 aromatic rings. The van der Waals surface area contributed by atoms with Crippen molar-refractivity contribution in [2.45, 2.75) is 25.7 Å². The minimum atomic E-state index is -0.975. The number of H-pyrrole nitrogens is 1. The van der Waals surface area contributed by atoms with Crippen molar-refractivity contribution in [3.63, 3.8) is 0 Å². The number of nitrogens with one attached hydrogen (secondary N) is 2. The van der Waals surface area contributed by atoms with Crippen molar-refractivity contribution in [2.75, 3.05) is 5.32 Å². The molecule has 1 aliphatic heterocycles. The van der Waals surface area contributed by atoms with Crippen LogP contribution in [0, 0.1) is 0 Å². The van der Waals surface area contributed by atoms with Gasteiger partial charge in [-0.05, 0) is 65.4 Å². The van der Waals surface area contributed by atoms with Gasteiger partial charge < -0.3 is 15.4 Å². The van der Waals surface area contributed by atoms with Crippen LogP contribution in [0.1, 0.15) is 45.7 Å². The fraction of sp³-hybridized carbons (Fsp3) is 0.222. The highest BCUT2D eigenvalue weighted by molar-refractivity contribution is 9.10. The number of rotatable bonds is 2. The van der Waals surface area contributed by atoms with Crippen molar-refractivity contribution in [3.8, 4) is 0 Å². The first-order valence-electron chi connectivity index (χ1n) is 7.95. The number of amides is 1. The molecule has 1 aromatic heterocycles. The monoisotopic (exact) mass is 420 g/mol. The SMILES string of the molecule is O=C1Nc2c(Br)cc(Cl)cc2C1=Cc1[nH]c2c(c1C(=O)O)CCCC2. The number of aromatic amines is 1. The Morgan fingerprint density at radius 1 is 1.28 bits per heavy atom. The zero-order valence-electron chi connectivity index (χ0n) is 13.1. The van der Waals surface area contributed by atoms with Crippen LogP contribution >= 0.6 is 27.5 Å². The molecule has 0 radical (unpaired) electrons. The number of aryl methyl sites for hydroxylation is 1. The van der Waals surface area contributed by atoms with Crippen molar-refractivity contribution < 1.29 is 14.7 Å². The van der Waals surface area contributed by atoms with Crippen LogP contribution in [0.3, 0.4) is 0 Å². The average molecular weight is 422 g/mol. The second-order valence-electron chi connectivity index (χ2n) is 6.21. The predicted molar refractivity (Wildman–Crippen MR) is 100 cm³/mol. The van der Waals surface area contributed by atoms with E-state index in [4.69, 9.17) is 11.6 Å². The molecule has 0 spiro atoms. The molecule has 0 bridgehead atoms. The first-order valence-corrected chi connectivity index (χ1v) is 9.12. The third-order valence-corrected chi connectivity index (χ3v) is 5.50. The minimum absolute atomic E-state index is 0.268. The molecule has 1 aromatic carbocycles. The number of carbonyl (C=O) groups excluding carboxylic acids is 1. The third-order valence-electron chi connectivity index (χ3n) is 4.66. The lowest BCUT2D eigenvalue weighted by Gasteiger charge is -2.10. The Morgan fingerprint density at radius 3 is 2.80 bits per heavy atom. The van der Waals surface area contributed by atoms with Crippen LogP contribution in [0.2, 0.25) is 5.02 Å². The van der Waals surface area contributed by atoms with Crippen LogP contribution in [-0.4, -0.2) is 22.0 Å². The molecular weight excluding hydrogens is 408 g/mol. The van der Waals surface area contributed by atoms with Gasteiger partial charge in [0.15, 0.2) is 0 Å². The van der Waals surface area contributed by atoms with E-state index in [0.717, 1.165) is 36.9 Å². The summed E-state index contributed by atoms with van der Waals surface area (Å²) in [6.07, 6.45) is 5.21. The lowest BCUT2D eigenvalue weighted by molar-refractivity contribution is -0.110. The van der Waals surface area contributed by atoms with Crippen molar-refractivity contribution in [2.24, 2.45) is 0 Å². The van der Waals surface area contributed by atoms with Gasteiger partial charge >= 0.3 is 5.97 Å². The number of hydrogen-bond donors (Lipinski definition) is 3. The van der Waals surface area contributed by atoms with Crippen LogP contribution in [0.5, 0.6) is 0 Å². The summed E-state index contributed by atoms with van der Waals surface area (Å²) in [7, 11) is 0. The number of halogens is 2. The second-order valence-corrected chi connectivity index (χ2v) is 7.50. The van der Waals surface area contributed by atoms with Gasteiger partial charge in [0, 0.05) is 20.8 Å². The zero-order chi connectivity index (χ0) is 17.7. The van der Waals surface area contributed by atoms with E-state index in [9.17, 15) is 14.7 Å². The maximum absolute atomic E-state index is 12.4. The number of aromatic carboxylic acids is 1. The molecule has 1 amide bonds. The number of hydrogen-bond acceptors (Lipinski definition) is 2. The Morgan fingerprint density at radius 2 is 2.04 bits per heavy atom. The van der Waals surface area contributed by atoms with E-state index in [1.165, 1.54) is 0 Å². The lowest BCUT2D eigenvalue weighted by atomic mass is 9.94. The zero-order valence-corrected chi connectivity index (χ0v) is 15.4. The molecule has 25 heavy (non-hydrogen) atoms. The third kappa shape index (κ3) is 2.69. The molecule has 3 N–H and O–H groups in total. The van der Waals surface area contributed by atoms with Gasteiger partial charge in [-0.3, -0.25) is 4.79 Å². The van der Waals surface area contributed by atoms with Gasteiger partial charge in [-0.2, -0.15) is 0 Å². The maximum Gasteiger partial charge on any atom is 0.338 e. The first-order chi connectivity index (χ1) is 12.0. The Bertz CT molecular complexity index is 962. The maximum atomic E-state index is 12.4. The molecule has 128 valence electrons. The Kier molecular flexibility index (Phi) is 3.96. The molecular formula is C18H14BrClN2O3. The highest BCUT2D eigenvalue weighted by atomic mass is 79.9. The van der Waals surface area contributed by atoms with Gasteiger partial charge in [-0.25, -0.2) is 4.79 Å². The summed E-state index contributed by atoms with van der Waals surface area (Å²) in [5.41, 5.74) is 4.26. The van der Waals surface area contributed by atoms with Crippen molar-refractivity contribution in [1.29, 1.82) is 0 Å². The van der Waals surface area contributed by atoms with E-state index in [2.05, 4.69) is 26.2 Å². The van der Waals surface area contributed by atoms with Gasteiger partial charge in [-0.15, -0.1) is 0 Å². The molecule has 0 unspecified atom stereocenters. The van der Waals surface area contributed by atoms with E-state index in [1.807, 2.05) is 0 Å². The summed E-state index contributed by atoms with van der Waals surface area (Å²) in [5, 5.41) is 13.0. The molecule has 4 rings (SSSR count). The number of carboxylic acid groups (broad SMARTS) is 1. The summed E-state index contributed by atoms with van der Waals surface area (Å²) in [4.78, 5) is 27.4. The number of anilines is 1. The number of fused-ring (bicyclic) bond motifs is 2. The molecule has 0 saturated heterocycles. The fourth-order valence-corrected chi connectivity index (χ4v) is 4.47. The van der Waals surface area contributed by atoms with Crippen LogP contribution in [0.25, 0.3) is 11.6 Å². The van der Waals surface area contributed by atoms with Gasteiger partial charge in [0.25, 0.3) is 5.91 Å². The van der Waals surface area contributed by atoms with Crippen molar-refractivity contribution in [1.82, 2.24) is 4.98 Å². The lowest BCUT2D eigenvalue weighted by Crippen LogP contribution is -2.07. The number of carbonyl (C=O) groups is 2. The summed E-state index contributed by atoms with van der Waals surface area (Å²) in [5.74, 6) is -1.25. The van der Waals surface area contributed by atoms with Gasteiger partial charge in [0.05, 0.1) is 22.5 Å². The molecule has 0 saturated carbocycles. The van der Waals surface area contributed by atoms with E-state index in [0.29, 0.717) is 32.0 Å². The average Bonchev–Trinajstić information content (AvgIpc) is 3.07. The second kappa shape index (κ2) is 6.04. The van der Waals surface area contributed by atoms with Crippen LogP contribution in [-0.2, 0) is 17.6 Å². The standard InChI is InChI=1S/C18H14BrClN2O3/c19-12-6-8(20)5-10-11(17(23)22-16(10)12)7-14-15(18(24)25)9-3-1-2-4-13(9)21-14/h5-7,21H,1-4H2,(H,22,23)(H,24,25). The summed E-state index contributed by atoms with van der Waals surface area (Å²) in [6.45, 7) is 0.